The zero-order valence-corrected chi connectivity index (χ0v) is 5.62. The van der Waals surface area contributed by atoms with Crippen LogP contribution in [0, 0.1) is 6.42 Å². The Labute approximate surface area is 55.5 Å². The van der Waals surface area contributed by atoms with Gasteiger partial charge in [-0.3, -0.25) is 0 Å². The first-order chi connectivity index (χ1) is 4.43. The minimum Gasteiger partial charge on any atom is -0.337 e. The van der Waals surface area contributed by atoms with Gasteiger partial charge < -0.3 is 4.57 Å². The lowest BCUT2D eigenvalue weighted by Gasteiger charge is -1.96. The van der Waals surface area contributed by atoms with Gasteiger partial charge in [0.2, 0.25) is 0 Å². The van der Waals surface area contributed by atoms with Crippen LogP contribution in [0.4, 0.5) is 0 Å². The van der Waals surface area contributed by atoms with Crippen molar-refractivity contribution in [2.24, 2.45) is 0 Å². The van der Waals surface area contributed by atoms with Gasteiger partial charge in [0.25, 0.3) is 0 Å². The van der Waals surface area contributed by atoms with Gasteiger partial charge in [0.1, 0.15) is 0 Å². The van der Waals surface area contributed by atoms with Crippen molar-refractivity contribution in [3.63, 3.8) is 0 Å². The first-order valence-electron chi connectivity index (χ1n) is 3.17. The number of hydrogen-bond acceptors (Lipinski definition) is 1. The quantitative estimate of drug-likeness (QED) is 0.595. The second-order valence-electron chi connectivity index (χ2n) is 2.00. The van der Waals surface area contributed by atoms with Gasteiger partial charge in [-0.2, -0.15) is 0 Å². The van der Waals surface area contributed by atoms with Gasteiger partial charge in [-0.05, 0) is 12.8 Å². The van der Waals surface area contributed by atoms with Crippen LogP contribution in [-0.2, 0) is 6.54 Å². The van der Waals surface area contributed by atoms with Gasteiger partial charge in [-0.1, -0.05) is 6.92 Å². The van der Waals surface area contributed by atoms with E-state index in [1.165, 1.54) is 0 Å². The number of rotatable bonds is 3. The van der Waals surface area contributed by atoms with Gasteiger partial charge in [0, 0.05) is 18.9 Å². The second kappa shape index (κ2) is 3.28. The molecule has 0 N–H and O–H groups in total. The SMILES string of the molecule is C[CH]CCn1ccnc1. The molecular formula is C7H11N2. The van der Waals surface area contributed by atoms with E-state index in [4.69, 9.17) is 0 Å². The highest BCUT2D eigenvalue weighted by molar-refractivity contribution is 4.74. The highest BCUT2D eigenvalue weighted by Crippen LogP contribution is 1.91. The van der Waals surface area contributed by atoms with E-state index in [0.717, 1.165) is 13.0 Å². The molecular weight excluding hydrogens is 112 g/mol. The lowest BCUT2D eigenvalue weighted by Crippen LogP contribution is -1.92. The Hall–Kier alpha value is -0.790. The first-order valence-corrected chi connectivity index (χ1v) is 3.17. The van der Waals surface area contributed by atoms with Gasteiger partial charge in [-0.15, -0.1) is 0 Å². The third-order valence-corrected chi connectivity index (χ3v) is 1.24. The summed E-state index contributed by atoms with van der Waals surface area (Å²) in [5.74, 6) is 0. The number of aromatic nitrogens is 2. The molecule has 2 heteroatoms. The lowest BCUT2D eigenvalue weighted by molar-refractivity contribution is 0.688. The Bertz CT molecular complexity index is 144. The van der Waals surface area contributed by atoms with Crippen LogP contribution in [0.5, 0.6) is 0 Å². The van der Waals surface area contributed by atoms with Crippen LogP contribution in [0.25, 0.3) is 0 Å². The number of aryl methyl sites for hydroxylation is 1. The molecule has 0 saturated carbocycles. The highest BCUT2D eigenvalue weighted by Gasteiger charge is 1.85. The lowest BCUT2D eigenvalue weighted by atomic mass is 10.3. The molecule has 0 bridgehead atoms. The minimum absolute atomic E-state index is 1.05. The zero-order chi connectivity index (χ0) is 6.53. The Balaban J connectivity index is 2.30. The summed E-state index contributed by atoms with van der Waals surface area (Å²) in [4.78, 5) is 3.92. The van der Waals surface area contributed by atoms with E-state index < -0.39 is 0 Å². The second-order valence-corrected chi connectivity index (χ2v) is 2.00. The summed E-state index contributed by atoms with van der Waals surface area (Å²) in [7, 11) is 0. The summed E-state index contributed by atoms with van der Waals surface area (Å²) in [5.41, 5.74) is 0. The van der Waals surface area contributed by atoms with E-state index in [1.807, 2.05) is 12.5 Å². The minimum atomic E-state index is 1.05. The molecule has 1 aromatic rings. The van der Waals surface area contributed by atoms with Crippen molar-refractivity contribution in [1.82, 2.24) is 9.55 Å². The summed E-state index contributed by atoms with van der Waals surface area (Å²) in [5, 5.41) is 0. The highest BCUT2D eigenvalue weighted by atomic mass is 15.0. The average molecular weight is 123 g/mol. The van der Waals surface area contributed by atoms with Crippen molar-refractivity contribution in [2.45, 2.75) is 19.9 Å². The molecule has 0 unspecified atom stereocenters. The molecule has 0 spiro atoms. The maximum absolute atomic E-state index is 3.92. The van der Waals surface area contributed by atoms with Crippen molar-refractivity contribution >= 4 is 0 Å². The van der Waals surface area contributed by atoms with Crippen LogP contribution in [0.2, 0.25) is 0 Å². The van der Waals surface area contributed by atoms with Crippen molar-refractivity contribution in [2.75, 3.05) is 0 Å². The maximum atomic E-state index is 3.92. The first kappa shape index (κ1) is 6.33. The Kier molecular flexibility index (Phi) is 2.31. The fourth-order valence-electron chi connectivity index (χ4n) is 0.697. The Morgan fingerprint density at radius 3 is 3.11 bits per heavy atom. The normalized spacial score (nSPS) is 9.89. The van der Waals surface area contributed by atoms with E-state index >= 15 is 0 Å². The monoisotopic (exact) mass is 123 g/mol. The number of nitrogens with zero attached hydrogens (tertiary/aromatic N) is 2. The molecule has 0 saturated heterocycles. The van der Waals surface area contributed by atoms with Crippen molar-refractivity contribution < 1.29 is 0 Å². The average Bonchev–Trinajstić information content (AvgIpc) is 2.34. The summed E-state index contributed by atoms with van der Waals surface area (Å²) in [6.07, 6.45) is 8.89. The van der Waals surface area contributed by atoms with E-state index in [0.29, 0.717) is 0 Å². The molecule has 0 amide bonds. The number of hydrogen-bond donors (Lipinski definition) is 0. The smallest absolute Gasteiger partial charge is 0.0945 e. The van der Waals surface area contributed by atoms with E-state index in [2.05, 4.69) is 22.9 Å². The Morgan fingerprint density at radius 2 is 2.56 bits per heavy atom. The van der Waals surface area contributed by atoms with Crippen molar-refractivity contribution in [3.05, 3.63) is 25.1 Å². The molecule has 1 aromatic heterocycles. The van der Waals surface area contributed by atoms with E-state index in [1.54, 1.807) is 6.20 Å². The van der Waals surface area contributed by atoms with Gasteiger partial charge in [-0.25, -0.2) is 4.98 Å². The fourth-order valence-corrected chi connectivity index (χ4v) is 0.697. The molecule has 0 aromatic carbocycles. The third kappa shape index (κ3) is 1.88. The van der Waals surface area contributed by atoms with Gasteiger partial charge in [0.05, 0.1) is 6.33 Å². The van der Waals surface area contributed by atoms with Crippen LogP contribution < -0.4 is 0 Å². The molecule has 1 rings (SSSR count). The molecule has 0 atom stereocenters. The summed E-state index contributed by atoms with van der Waals surface area (Å²) in [6.45, 7) is 3.12. The summed E-state index contributed by atoms with van der Waals surface area (Å²) < 4.78 is 2.07. The van der Waals surface area contributed by atoms with Crippen LogP contribution in [0.3, 0.4) is 0 Å². The maximum Gasteiger partial charge on any atom is 0.0945 e. The molecule has 1 heterocycles. The molecule has 49 valence electrons. The molecule has 9 heavy (non-hydrogen) atoms. The van der Waals surface area contributed by atoms with Gasteiger partial charge in [0.15, 0.2) is 0 Å². The molecule has 2 nitrogen and oxygen atoms in total. The predicted molar refractivity (Wildman–Crippen MR) is 36.8 cm³/mol. The van der Waals surface area contributed by atoms with Crippen LogP contribution in [-0.4, -0.2) is 9.55 Å². The standard InChI is InChI=1S/C7H11N2/c1-2-3-5-9-6-4-8-7-9/h2,4,6-7H,3,5H2,1H3. The summed E-state index contributed by atoms with van der Waals surface area (Å²) >= 11 is 0. The van der Waals surface area contributed by atoms with Gasteiger partial charge >= 0.3 is 0 Å². The zero-order valence-electron chi connectivity index (χ0n) is 5.62. The number of unbranched alkanes of at least 4 members (excludes halogenated alkanes) is 1. The molecule has 0 aliphatic carbocycles. The fraction of sp³-hybridized carbons (Fsp3) is 0.429. The molecule has 0 fully saturated rings. The molecule has 0 aliphatic heterocycles. The van der Waals surface area contributed by atoms with E-state index in [-0.39, 0.29) is 0 Å². The third-order valence-electron chi connectivity index (χ3n) is 1.24. The van der Waals surface area contributed by atoms with Crippen LogP contribution in [0.1, 0.15) is 13.3 Å². The number of imidazole rings is 1. The van der Waals surface area contributed by atoms with Crippen LogP contribution in [0.15, 0.2) is 18.7 Å². The van der Waals surface area contributed by atoms with E-state index in [9.17, 15) is 0 Å². The predicted octanol–water partition coefficient (Wildman–Crippen LogP) is 1.50. The molecule has 0 aliphatic rings. The van der Waals surface area contributed by atoms with Crippen molar-refractivity contribution in [1.29, 1.82) is 0 Å². The van der Waals surface area contributed by atoms with Crippen LogP contribution >= 0.6 is 0 Å². The molecule has 1 radical (unpaired) electrons. The topological polar surface area (TPSA) is 17.8 Å². The Morgan fingerprint density at radius 1 is 1.67 bits per heavy atom. The largest absolute Gasteiger partial charge is 0.337 e. The van der Waals surface area contributed by atoms with Crippen molar-refractivity contribution in [3.8, 4) is 0 Å². The summed E-state index contributed by atoms with van der Waals surface area (Å²) in [6, 6.07) is 0.